The number of sulfonamides is 1. The quantitative estimate of drug-likeness (QED) is 0.700. The van der Waals surface area contributed by atoms with E-state index >= 15 is 0 Å². The molecular weight excluding hydrogens is 396 g/mol. The maximum atomic E-state index is 12.6. The summed E-state index contributed by atoms with van der Waals surface area (Å²) in [6.45, 7) is 0. The van der Waals surface area contributed by atoms with Crippen molar-refractivity contribution in [3.05, 3.63) is 53.6 Å². The Kier molecular flexibility index (Phi) is 5.34. The summed E-state index contributed by atoms with van der Waals surface area (Å²) in [6.07, 6.45) is 5.48. The Morgan fingerprint density at radius 1 is 1.04 bits per heavy atom. The lowest BCUT2D eigenvalue weighted by Gasteiger charge is -2.21. The lowest BCUT2D eigenvalue weighted by molar-refractivity contribution is -0.117. The number of carbonyl (C=O) groups excluding carboxylic acids is 1. The minimum absolute atomic E-state index is 0.0464. The molecule has 5 nitrogen and oxygen atoms in total. The van der Waals surface area contributed by atoms with Gasteiger partial charge in [-0.15, -0.1) is 0 Å². The second-order valence-corrected chi connectivity index (χ2v) is 9.95. The van der Waals surface area contributed by atoms with Gasteiger partial charge in [0.25, 0.3) is 10.0 Å². The van der Waals surface area contributed by atoms with Gasteiger partial charge < -0.3 is 5.32 Å². The minimum atomic E-state index is -3.78. The molecule has 0 spiro atoms. The molecule has 2 saturated carbocycles. The van der Waals surface area contributed by atoms with E-state index in [0.29, 0.717) is 34.7 Å². The summed E-state index contributed by atoms with van der Waals surface area (Å²) in [5, 5.41) is 3.31. The van der Waals surface area contributed by atoms with E-state index in [-0.39, 0.29) is 10.8 Å². The number of rotatable bonds is 6. The first-order chi connectivity index (χ1) is 13.4. The molecule has 2 aromatic rings. The van der Waals surface area contributed by atoms with Crippen LogP contribution >= 0.6 is 11.6 Å². The van der Waals surface area contributed by atoms with Crippen molar-refractivity contribution in [1.29, 1.82) is 0 Å². The molecule has 2 aliphatic rings. The monoisotopic (exact) mass is 418 g/mol. The molecule has 0 radical (unpaired) electrons. The molecule has 2 fully saturated rings. The second-order valence-electron chi connectivity index (χ2n) is 7.83. The van der Waals surface area contributed by atoms with Crippen molar-refractivity contribution in [3.8, 4) is 0 Å². The molecule has 0 aliphatic heterocycles. The summed E-state index contributed by atoms with van der Waals surface area (Å²) in [7, 11) is -3.78. The molecule has 0 aromatic heterocycles. The van der Waals surface area contributed by atoms with Gasteiger partial charge in [-0.25, -0.2) is 8.42 Å². The number of anilines is 2. The van der Waals surface area contributed by atoms with Gasteiger partial charge in [0.2, 0.25) is 5.91 Å². The van der Waals surface area contributed by atoms with Gasteiger partial charge in [0.1, 0.15) is 0 Å². The number of fused-ring (bicyclic) bond motifs is 2. The van der Waals surface area contributed by atoms with Gasteiger partial charge in [0.05, 0.1) is 10.6 Å². The fourth-order valence-electron chi connectivity index (χ4n) is 4.58. The van der Waals surface area contributed by atoms with Crippen LogP contribution in [-0.2, 0) is 14.8 Å². The number of halogens is 1. The first-order valence-electron chi connectivity index (χ1n) is 9.57. The second kappa shape index (κ2) is 7.76. The molecule has 148 valence electrons. The van der Waals surface area contributed by atoms with Crippen molar-refractivity contribution in [1.82, 2.24) is 0 Å². The average Bonchev–Trinajstić information content (AvgIpc) is 3.24. The first-order valence-corrected chi connectivity index (χ1v) is 11.4. The molecule has 2 bridgehead atoms. The zero-order valence-corrected chi connectivity index (χ0v) is 17.0. The third-order valence-corrected chi connectivity index (χ3v) is 7.45. The van der Waals surface area contributed by atoms with Crippen LogP contribution in [0.2, 0.25) is 5.02 Å². The summed E-state index contributed by atoms with van der Waals surface area (Å²) in [4.78, 5) is 12.5. The third-order valence-electron chi connectivity index (χ3n) is 5.84. The zero-order valence-electron chi connectivity index (χ0n) is 15.4. The van der Waals surface area contributed by atoms with Crippen LogP contribution < -0.4 is 10.0 Å². The maximum absolute atomic E-state index is 12.6. The Balaban J connectivity index is 1.42. The molecule has 2 aromatic carbocycles. The number of amides is 1. The summed E-state index contributed by atoms with van der Waals surface area (Å²) in [6, 6.07) is 12.8. The van der Waals surface area contributed by atoms with E-state index in [1.165, 1.54) is 31.4 Å². The molecule has 28 heavy (non-hydrogen) atoms. The fraction of sp³-hybridized carbons (Fsp3) is 0.381. The van der Waals surface area contributed by atoms with Gasteiger partial charge in [0, 0.05) is 17.1 Å². The highest BCUT2D eigenvalue weighted by Gasteiger charge is 2.40. The molecule has 1 amide bonds. The van der Waals surface area contributed by atoms with Crippen LogP contribution in [0.3, 0.4) is 0 Å². The molecular formula is C21H23ClN2O3S. The fourth-order valence-corrected chi connectivity index (χ4v) is 5.87. The molecule has 4 rings (SSSR count). The highest BCUT2D eigenvalue weighted by Crippen LogP contribution is 2.49. The Morgan fingerprint density at radius 2 is 1.82 bits per heavy atom. The van der Waals surface area contributed by atoms with Crippen molar-refractivity contribution in [2.24, 2.45) is 17.8 Å². The van der Waals surface area contributed by atoms with Crippen LogP contribution in [-0.4, -0.2) is 14.3 Å². The van der Waals surface area contributed by atoms with Gasteiger partial charge in [-0.05, 0) is 73.4 Å². The Bertz CT molecular complexity index is 993. The summed E-state index contributed by atoms with van der Waals surface area (Å²) >= 11 is 5.91. The Labute approximate surface area is 170 Å². The van der Waals surface area contributed by atoms with Crippen LogP contribution in [0, 0.1) is 17.8 Å². The van der Waals surface area contributed by atoms with Gasteiger partial charge in [-0.3, -0.25) is 9.52 Å². The molecule has 7 heteroatoms. The van der Waals surface area contributed by atoms with Crippen molar-refractivity contribution in [2.45, 2.75) is 37.0 Å². The number of hydrogen-bond donors (Lipinski definition) is 2. The topological polar surface area (TPSA) is 75.3 Å². The zero-order chi connectivity index (χ0) is 19.7. The normalized spacial score (nSPS) is 23.5. The number of nitrogens with one attached hydrogen (secondary N) is 2. The van der Waals surface area contributed by atoms with Crippen LogP contribution in [0.25, 0.3) is 0 Å². The van der Waals surface area contributed by atoms with Crippen molar-refractivity contribution < 1.29 is 13.2 Å². The smallest absolute Gasteiger partial charge is 0.261 e. The largest absolute Gasteiger partial charge is 0.326 e. The van der Waals surface area contributed by atoms with Gasteiger partial charge >= 0.3 is 0 Å². The average molecular weight is 419 g/mol. The highest BCUT2D eigenvalue weighted by atomic mass is 35.5. The van der Waals surface area contributed by atoms with Gasteiger partial charge in [-0.1, -0.05) is 30.2 Å². The molecule has 0 unspecified atom stereocenters. The Morgan fingerprint density at radius 3 is 2.54 bits per heavy atom. The van der Waals surface area contributed by atoms with Gasteiger partial charge in [0.15, 0.2) is 0 Å². The van der Waals surface area contributed by atoms with Crippen molar-refractivity contribution >= 4 is 38.9 Å². The molecule has 3 atom stereocenters. The standard InChI is InChI=1S/C21H23ClN2O3S/c22-17-3-1-5-19(12-17)24-28(26,27)20-6-2-4-18(13-20)23-21(25)11-16-10-14-7-8-15(16)9-14/h1-6,12-16,24H,7-11H2,(H,23,25)/t14-,15-,16+/m0/s1. The van der Waals surface area contributed by atoms with E-state index < -0.39 is 10.0 Å². The SMILES string of the molecule is O=C(C[C@H]1C[C@H]2CC[C@H]1C2)Nc1cccc(S(=O)(=O)Nc2cccc(Cl)c2)c1. The summed E-state index contributed by atoms with van der Waals surface area (Å²) in [5.41, 5.74) is 0.875. The third kappa shape index (κ3) is 4.33. The van der Waals surface area contributed by atoms with Crippen molar-refractivity contribution in [2.75, 3.05) is 10.0 Å². The molecule has 2 aliphatic carbocycles. The van der Waals surface area contributed by atoms with Crippen LogP contribution in [0.4, 0.5) is 11.4 Å². The number of benzene rings is 2. The minimum Gasteiger partial charge on any atom is -0.326 e. The van der Waals surface area contributed by atoms with Crippen LogP contribution in [0.15, 0.2) is 53.4 Å². The first kappa shape index (κ1) is 19.3. The summed E-state index contributed by atoms with van der Waals surface area (Å²) in [5.74, 6) is 1.91. The van der Waals surface area contributed by atoms with E-state index in [9.17, 15) is 13.2 Å². The predicted octanol–water partition coefficient (Wildman–Crippen LogP) is 4.91. The van der Waals surface area contributed by atoms with E-state index in [0.717, 1.165) is 12.3 Å². The van der Waals surface area contributed by atoms with Crippen LogP contribution in [0.1, 0.15) is 32.1 Å². The summed E-state index contributed by atoms with van der Waals surface area (Å²) < 4.78 is 27.8. The maximum Gasteiger partial charge on any atom is 0.261 e. The number of hydrogen-bond acceptors (Lipinski definition) is 3. The molecule has 2 N–H and O–H groups in total. The lowest BCUT2D eigenvalue weighted by atomic mass is 9.86. The Hall–Kier alpha value is -2.05. The van der Waals surface area contributed by atoms with E-state index in [1.807, 2.05) is 0 Å². The van der Waals surface area contributed by atoms with Gasteiger partial charge in [-0.2, -0.15) is 0 Å². The number of carbonyl (C=O) groups is 1. The lowest BCUT2D eigenvalue weighted by Crippen LogP contribution is -2.20. The molecule has 0 saturated heterocycles. The van der Waals surface area contributed by atoms with Crippen LogP contribution in [0.5, 0.6) is 0 Å². The molecule has 0 heterocycles. The van der Waals surface area contributed by atoms with E-state index in [1.54, 1.807) is 36.4 Å². The highest BCUT2D eigenvalue weighted by molar-refractivity contribution is 7.92. The predicted molar refractivity (Wildman–Crippen MR) is 111 cm³/mol. The van der Waals surface area contributed by atoms with E-state index in [4.69, 9.17) is 11.6 Å². The van der Waals surface area contributed by atoms with E-state index in [2.05, 4.69) is 10.0 Å². The van der Waals surface area contributed by atoms with Crippen molar-refractivity contribution in [3.63, 3.8) is 0 Å².